The number of thioether (sulfide) groups is 1. The number of halogens is 1. The molecular weight excluding hydrogens is 325 g/mol. The maximum Gasteiger partial charge on any atom is 0.237 e. The van der Waals surface area contributed by atoms with E-state index in [4.69, 9.17) is 4.74 Å². The lowest BCUT2D eigenvalue weighted by Crippen LogP contribution is -2.37. The van der Waals surface area contributed by atoms with Gasteiger partial charge in [0.05, 0.1) is 12.9 Å². The zero-order chi connectivity index (χ0) is 17.1. The number of fused-ring (bicyclic) bond motifs is 1. The zero-order valence-corrected chi connectivity index (χ0v) is 14.6. The number of hydrogen-bond donors (Lipinski definition) is 0. The summed E-state index contributed by atoms with van der Waals surface area (Å²) in [5, 5.41) is 0. The number of para-hydroxylation sites is 1. The summed E-state index contributed by atoms with van der Waals surface area (Å²) in [6, 6.07) is 13.1. The summed E-state index contributed by atoms with van der Waals surface area (Å²) in [5.74, 6) is 0.945. The molecule has 0 aliphatic carbocycles. The minimum atomic E-state index is -0.371. The van der Waals surface area contributed by atoms with Gasteiger partial charge >= 0.3 is 0 Å². The van der Waals surface area contributed by atoms with Crippen LogP contribution in [-0.4, -0.2) is 24.8 Å². The van der Waals surface area contributed by atoms with Gasteiger partial charge in [0.15, 0.2) is 11.6 Å². The van der Waals surface area contributed by atoms with Gasteiger partial charge in [0, 0.05) is 17.5 Å². The summed E-state index contributed by atoms with van der Waals surface area (Å²) in [6.45, 7) is 2.07. The molecule has 3 nitrogen and oxygen atoms in total. The second kappa shape index (κ2) is 7.26. The van der Waals surface area contributed by atoms with E-state index in [0.717, 1.165) is 17.7 Å². The van der Waals surface area contributed by atoms with Crippen molar-refractivity contribution in [3.05, 3.63) is 59.4 Å². The fourth-order valence-electron chi connectivity index (χ4n) is 3.07. The van der Waals surface area contributed by atoms with Gasteiger partial charge in [-0.1, -0.05) is 24.3 Å². The molecule has 0 saturated carbocycles. The van der Waals surface area contributed by atoms with Crippen molar-refractivity contribution in [2.45, 2.75) is 25.1 Å². The van der Waals surface area contributed by atoms with Gasteiger partial charge in [-0.3, -0.25) is 4.79 Å². The van der Waals surface area contributed by atoms with Crippen LogP contribution in [-0.2, 0) is 17.0 Å². The van der Waals surface area contributed by atoms with Crippen LogP contribution in [0.3, 0.4) is 0 Å². The van der Waals surface area contributed by atoms with Crippen LogP contribution < -0.4 is 9.64 Å². The molecule has 24 heavy (non-hydrogen) atoms. The average Bonchev–Trinajstić information content (AvgIpc) is 2.90. The first-order valence-corrected chi connectivity index (χ1v) is 9.05. The minimum absolute atomic E-state index is 0.103. The number of ether oxygens (including phenoxy) is 1. The van der Waals surface area contributed by atoms with Gasteiger partial charge in [-0.2, -0.15) is 0 Å². The Morgan fingerprint density at radius 1 is 1.33 bits per heavy atom. The lowest BCUT2D eigenvalue weighted by Gasteiger charge is -2.22. The molecule has 1 amide bonds. The third-order valence-corrected chi connectivity index (χ3v) is 5.17. The number of hydrogen-bond acceptors (Lipinski definition) is 3. The summed E-state index contributed by atoms with van der Waals surface area (Å²) in [4.78, 5) is 14.5. The first-order valence-electron chi connectivity index (χ1n) is 7.90. The van der Waals surface area contributed by atoms with Crippen molar-refractivity contribution in [2.24, 2.45) is 0 Å². The smallest absolute Gasteiger partial charge is 0.237 e. The van der Waals surface area contributed by atoms with Crippen LogP contribution in [0, 0.1) is 5.82 Å². The Balaban J connectivity index is 1.59. The molecule has 0 N–H and O–H groups in total. The molecule has 0 spiro atoms. The van der Waals surface area contributed by atoms with Crippen LogP contribution in [0.4, 0.5) is 10.1 Å². The highest BCUT2D eigenvalue weighted by Crippen LogP contribution is 2.32. The lowest BCUT2D eigenvalue weighted by molar-refractivity contribution is -0.116. The number of methoxy groups -OCH3 is 1. The molecule has 2 aromatic rings. The molecule has 1 aliphatic heterocycles. The van der Waals surface area contributed by atoms with Crippen LogP contribution in [0.25, 0.3) is 0 Å². The molecule has 0 saturated heterocycles. The van der Waals surface area contributed by atoms with E-state index < -0.39 is 0 Å². The molecule has 1 aliphatic rings. The maximum atomic E-state index is 13.7. The molecule has 0 unspecified atom stereocenters. The third kappa shape index (κ3) is 3.41. The fourth-order valence-corrected chi connectivity index (χ4v) is 3.90. The van der Waals surface area contributed by atoms with Crippen molar-refractivity contribution < 1.29 is 13.9 Å². The van der Waals surface area contributed by atoms with Crippen LogP contribution in [0.5, 0.6) is 5.75 Å². The maximum absolute atomic E-state index is 13.7. The summed E-state index contributed by atoms with van der Waals surface area (Å²) in [5.41, 5.74) is 3.09. The Hall–Kier alpha value is -2.01. The van der Waals surface area contributed by atoms with Gasteiger partial charge in [-0.25, -0.2) is 4.39 Å². The van der Waals surface area contributed by atoms with Crippen molar-refractivity contribution in [3.63, 3.8) is 0 Å². The lowest BCUT2D eigenvalue weighted by atomic mass is 10.1. The molecule has 2 aromatic carbocycles. The van der Waals surface area contributed by atoms with Crippen molar-refractivity contribution in [1.29, 1.82) is 0 Å². The number of anilines is 1. The van der Waals surface area contributed by atoms with E-state index in [1.54, 1.807) is 6.07 Å². The summed E-state index contributed by atoms with van der Waals surface area (Å²) >= 11 is 1.50. The SMILES string of the molecule is COc1ccc(CSCC(=O)N2c3ccccc3C[C@@H]2C)cc1F. The van der Waals surface area contributed by atoms with Gasteiger partial charge in [0.1, 0.15) is 0 Å². The predicted octanol–water partition coefficient (Wildman–Crippen LogP) is 4.05. The third-order valence-electron chi connectivity index (χ3n) is 4.19. The largest absolute Gasteiger partial charge is 0.494 e. The van der Waals surface area contributed by atoms with E-state index >= 15 is 0 Å². The van der Waals surface area contributed by atoms with E-state index in [2.05, 4.69) is 13.0 Å². The Labute approximate surface area is 145 Å². The van der Waals surface area contributed by atoms with Crippen molar-refractivity contribution in [1.82, 2.24) is 0 Å². The second-order valence-electron chi connectivity index (χ2n) is 5.91. The Morgan fingerprint density at radius 3 is 2.88 bits per heavy atom. The Morgan fingerprint density at radius 2 is 2.12 bits per heavy atom. The predicted molar refractivity (Wildman–Crippen MR) is 96.2 cm³/mol. The molecule has 1 atom stereocenters. The number of carbonyl (C=O) groups excluding carboxylic acids is 1. The zero-order valence-electron chi connectivity index (χ0n) is 13.8. The molecule has 5 heteroatoms. The summed E-state index contributed by atoms with van der Waals surface area (Å²) in [7, 11) is 1.44. The summed E-state index contributed by atoms with van der Waals surface area (Å²) in [6.07, 6.45) is 0.899. The van der Waals surface area contributed by atoms with Gasteiger partial charge in [0.25, 0.3) is 0 Å². The van der Waals surface area contributed by atoms with Crippen molar-refractivity contribution in [2.75, 3.05) is 17.8 Å². The highest BCUT2D eigenvalue weighted by molar-refractivity contribution is 7.99. The van der Waals surface area contributed by atoms with Gasteiger partial charge < -0.3 is 9.64 Å². The van der Waals surface area contributed by atoms with E-state index in [9.17, 15) is 9.18 Å². The highest BCUT2D eigenvalue weighted by atomic mass is 32.2. The van der Waals surface area contributed by atoms with Crippen LogP contribution in [0.1, 0.15) is 18.1 Å². The van der Waals surface area contributed by atoms with Crippen LogP contribution in [0.2, 0.25) is 0 Å². The highest BCUT2D eigenvalue weighted by Gasteiger charge is 2.30. The van der Waals surface area contributed by atoms with E-state index in [-0.39, 0.29) is 23.5 Å². The molecule has 0 bridgehead atoms. The van der Waals surface area contributed by atoms with Gasteiger partial charge in [-0.15, -0.1) is 11.8 Å². The molecule has 0 radical (unpaired) electrons. The van der Waals surface area contributed by atoms with Gasteiger partial charge in [0.2, 0.25) is 5.91 Å². The second-order valence-corrected chi connectivity index (χ2v) is 6.89. The first kappa shape index (κ1) is 16.8. The summed E-state index contributed by atoms with van der Waals surface area (Å²) < 4.78 is 18.6. The van der Waals surface area contributed by atoms with E-state index in [1.807, 2.05) is 29.2 Å². The molecule has 0 fully saturated rings. The van der Waals surface area contributed by atoms with Crippen LogP contribution >= 0.6 is 11.8 Å². The van der Waals surface area contributed by atoms with Crippen molar-refractivity contribution in [3.8, 4) is 5.75 Å². The first-order chi connectivity index (χ1) is 11.6. The Kier molecular flexibility index (Phi) is 5.09. The minimum Gasteiger partial charge on any atom is -0.494 e. The molecule has 0 aromatic heterocycles. The molecule has 126 valence electrons. The normalized spacial score (nSPS) is 16.1. The number of rotatable bonds is 5. The van der Waals surface area contributed by atoms with E-state index in [0.29, 0.717) is 11.5 Å². The van der Waals surface area contributed by atoms with Crippen LogP contribution in [0.15, 0.2) is 42.5 Å². The molecule has 1 heterocycles. The fraction of sp³-hybridized carbons (Fsp3) is 0.316. The quantitative estimate of drug-likeness (QED) is 0.819. The average molecular weight is 345 g/mol. The van der Waals surface area contributed by atoms with Gasteiger partial charge in [-0.05, 0) is 42.7 Å². The number of carbonyl (C=O) groups is 1. The van der Waals surface area contributed by atoms with E-state index in [1.165, 1.54) is 30.5 Å². The molecular formula is C19H20FNO2S. The monoisotopic (exact) mass is 345 g/mol. The number of benzene rings is 2. The topological polar surface area (TPSA) is 29.5 Å². The molecule has 3 rings (SSSR count). The standard InChI is InChI=1S/C19H20FNO2S/c1-13-9-15-5-3-4-6-17(15)21(13)19(22)12-24-11-14-7-8-18(23-2)16(20)10-14/h3-8,10,13H,9,11-12H2,1-2H3/t13-/m0/s1. The van der Waals surface area contributed by atoms with Crippen molar-refractivity contribution >= 4 is 23.4 Å². The number of amides is 1. The Bertz CT molecular complexity index is 750. The number of nitrogens with zero attached hydrogens (tertiary/aromatic N) is 1.